The van der Waals surface area contributed by atoms with Crippen molar-refractivity contribution in [2.24, 2.45) is 5.73 Å². The van der Waals surface area contributed by atoms with Crippen molar-refractivity contribution in [3.8, 4) is 45.8 Å². The maximum atomic E-state index is 14.7. The van der Waals surface area contributed by atoms with Crippen LogP contribution in [0.4, 0.5) is 19.0 Å². The SMILES string of the molecule is Cc1ccc(S(=O)(=O)Oc2c(-c3ccc(O)c(O)c3)oc3cc(O)cc(O)c3c2=O)cc1.NC1CCN(c2nc3c(cc2F)c(=O)c(C(=O)O)cn3-c2ccc(F)cc2F)C1. The van der Waals surface area contributed by atoms with Crippen molar-refractivity contribution >= 4 is 43.9 Å². The quantitative estimate of drug-likeness (QED) is 0.0867. The fourth-order valence-corrected chi connectivity index (χ4v) is 7.43. The largest absolute Gasteiger partial charge is 0.508 e. The van der Waals surface area contributed by atoms with E-state index in [1.54, 1.807) is 24.0 Å². The summed E-state index contributed by atoms with van der Waals surface area (Å²) in [4.78, 5) is 42.8. The van der Waals surface area contributed by atoms with Crippen LogP contribution in [0.2, 0.25) is 0 Å². The summed E-state index contributed by atoms with van der Waals surface area (Å²) in [5, 5.41) is 47.9. The van der Waals surface area contributed by atoms with Crippen LogP contribution >= 0.6 is 0 Å². The monoisotopic (exact) mass is 860 g/mol. The molecule has 0 spiro atoms. The van der Waals surface area contributed by atoms with Gasteiger partial charge in [0.2, 0.25) is 16.6 Å². The molecular weight excluding hydrogens is 830 g/mol. The Labute approximate surface area is 341 Å². The van der Waals surface area contributed by atoms with E-state index < -0.39 is 89.9 Å². The summed E-state index contributed by atoms with van der Waals surface area (Å²) in [6.07, 6.45) is 1.52. The van der Waals surface area contributed by atoms with Crippen molar-refractivity contribution < 1.29 is 60.5 Å². The highest BCUT2D eigenvalue weighted by Gasteiger charge is 2.28. The number of nitrogens with two attached hydrogens (primary N) is 1. The number of fused-ring (bicyclic) bond motifs is 2. The Morgan fingerprint density at radius 3 is 2.25 bits per heavy atom. The van der Waals surface area contributed by atoms with E-state index in [1.165, 1.54) is 18.2 Å². The number of aromatic nitrogens is 2. The maximum Gasteiger partial charge on any atom is 0.341 e. The zero-order chi connectivity index (χ0) is 44.1. The molecule has 7 N–H and O–H groups in total. The standard InChI is InChI=1S/C22H16O9S.C19H15F3N4O3/c1-11-2-5-14(6-3-11)32(28,29)31-22-20(27)19-17(26)9-13(23)10-18(19)30-21(22)12-4-7-15(24)16(25)8-12;20-9-1-2-15(13(21)5-9)26-8-12(19(28)29)16(27)11-6-14(22)18(24-17(11)26)25-4-3-10(23)7-25/h2-10,23-26H,1H3;1-2,5-6,8,10H,3-4,7,23H2,(H,28,29). The van der Waals surface area contributed by atoms with Gasteiger partial charge in [0.15, 0.2) is 34.5 Å². The number of phenolic OH excluding ortho intramolecular Hbond substituents is 4. The first kappa shape index (κ1) is 41.6. The van der Waals surface area contributed by atoms with Gasteiger partial charge in [0.05, 0.1) is 11.1 Å². The van der Waals surface area contributed by atoms with Crippen LogP contribution in [0.5, 0.6) is 28.7 Å². The maximum absolute atomic E-state index is 14.7. The first-order valence-corrected chi connectivity index (χ1v) is 19.2. The number of aromatic carboxylic acids is 1. The van der Waals surface area contributed by atoms with Crippen LogP contribution in [0.15, 0.2) is 104 Å². The number of anilines is 1. The predicted molar refractivity (Wildman–Crippen MR) is 213 cm³/mol. The normalized spacial score (nSPS) is 13.9. The van der Waals surface area contributed by atoms with Gasteiger partial charge in [-0.3, -0.25) is 14.2 Å². The van der Waals surface area contributed by atoms with Crippen molar-refractivity contribution in [2.75, 3.05) is 18.0 Å². The second-order valence-electron chi connectivity index (χ2n) is 13.8. The van der Waals surface area contributed by atoms with Gasteiger partial charge < -0.3 is 44.8 Å². The van der Waals surface area contributed by atoms with E-state index >= 15 is 0 Å². The number of benzene rings is 4. The summed E-state index contributed by atoms with van der Waals surface area (Å²) in [6.45, 7) is 2.56. The minimum atomic E-state index is -4.49. The molecule has 0 radical (unpaired) electrons. The van der Waals surface area contributed by atoms with Crippen LogP contribution in [-0.4, -0.2) is 68.6 Å². The zero-order valence-corrected chi connectivity index (χ0v) is 32.2. The molecule has 1 aliphatic heterocycles. The Morgan fingerprint density at radius 2 is 1.61 bits per heavy atom. The van der Waals surface area contributed by atoms with Crippen molar-refractivity contribution in [3.63, 3.8) is 0 Å². The van der Waals surface area contributed by atoms with Gasteiger partial charge in [-0.1, -0.05) is 17.7 Å². The Kier molecular flexibility index (Phi) is 10.8. The molecule has 0 bridgehead atoms. The lowest BCUT2D eigenvalue weighted by atomic mass is 10.1. The number of aryl methyl sites for hydroxylation is 1. The number of carbonyl (C=O) groups is 1. The fourth-order valence-electron chi connectivity index (χ4n) is 6.49. The topological polar surface area (TPSA) is 256 Å². The molecule has 4 aromatic carbocycles. The lowest BCUT2D eigenvalue weighted by Gasteiger charge is -2.19. The molecule has 0 aliphatic carbocycles. The van der Waals surface area contributed by atoms with Crippen LogP contribution in [-0.2, 0) is 10.1 Å². The Bertz CT molecular complexity index is 3160. The molecule has 314 valence electrons. The van der Waals surface area contributed by atoms with Crippen LogP contribution in [0.25, 0.3) is 39.0 Å². The smallest absolute Gasteiger partial charge is 0.341 e. The van der Waals surface area contributed by atoms with E-state index in [0.29, 0.717) is 25.6 Å². The van der Waals surface area contributed by atoms with E-state index in [1.807, 2.05) is 0 Å². The van der Waals surface area contributed by atoms with Gasteiger partial charge in [-0.05, 0) is 61.9 Å². The number of halogens is 3. The summed E-state index contributed by atoms with van der Waals surface area (Å²) in [7, 11) is -4.49. The van der Waals surface area contributed by atoms with Crippen molar-refractivity contribution in [3.05, 3.63) is 134 Å². The molecule has 3 aromatic heterocycles. The number of phenols is 4. The van der Waals surface area contributed by atoms with Gasteiger partial charge in [0.1, 0.15) is 44.6 Å². The van der Waals surface area contributed by atoms with Gasteiger partial charge in [-0.2, -0.15) is 8.42 Å². The number of nitrogens with zero attached hydrogens (tertiary/aromatic N) is 3. The molecule has 4 heterocycles. The third-order valence-electron chi connectivity index (χ3n) is 9.49. The molecule has 7 aromatic rings. The van der Waals surface area contributed by atoms with Gasteiger partial charge in [-0.15, -0.1) is 0 Å². The number of carboxylic acid groups (broad SMARTS) is 1. The third-order valence-corrected chi connectivity index (χ3v) is 10.7. The van der Waals surface area contributed by atoms with Crippen LogP contribution < -0.4 is 25.7 Å². The number of aromatic hydroxyl groups is 4. The van der Waals surface area contributed by atoms with Gasteiger partial charge in [0.25, 0.3) is 0 Å². The summed E-state index contributed by atoms with van der Waals surface area (Å²) in [5.41, 5.74) is 3.34. The molecule has 1 saturated heterocycles. The lowest BCUT2D eigenvalue weighted by molar-refractivity contribution is 0.0695. The zero-order valence-electron chi connectivity index (χ0n) is 31.3. The molecule has 16 nitrogen and oxygen atoms in total. The van der Waals surface area contributed by atoms with E-state index in [2.05, 4.69) is 4.98 Å². The first-order chi connectivity index (χ1) is 28.8. The van der Waals surface area contributed by atoms with E-state index in [9.17, 15) is 61.5 Å². The second-order valence-corrected chi connectivity index (χ2v) is 15.3. The summed E-state index contributed by atoms with van der Waals surface area (Å²) in [5.74, 6) is -7.54. The highest BCUT2D eigenvalue weighted by Crippen LogP contribution is 2.39. The minimum absolute atomic E-state index is 0.00348. The average Bonchev–Trinajstić information content (AvgIpc) is 3.63. The first-order valence-electron chi connectivity index (χ1n) is 17.8. The number of hydrogen-bond acceptors (Lipinski definition) is 14. The van der Waals surface area contributed by atoms with Crippen molar-refractivity contribution in [1.82, 2.24) is 9.55 Å². The van der Waals surface area contributed by atoms with E-state index in [4.69, 9.17) is 14.3 Å². The van der Waals surface area contributed by atoms with Crippen molar-refractivity contribution in [2.45, 2.75) is 24.3 Å². The highest BCUT2D eigenvalue weighted by atomic mass is 32.2. The average molecular weight is 861 g/mol. The van der Waals surface area contributed by atoms with Crippen molar-refractivity contribution in [1.29, 1.82) is 0 Å². The molecule has 61 heavy (non-hydrogen) atoms. The third kappa shape index (κ3) is 8.08. The molecule has 1 atom stereocenters. The lowest BCUT2D eigenvalue weighted by Crippen LogP contribution is -2.28. The molecule has 0 saturated carbocycles. The predicted octanol–water partition coefficient (Wildman–Crippen LogP) is 5.40. The molecular formula is C41H31F3N4O12S. The number of pyridine rings is 2. The van der Waals surface area contributed by atoms with Gasteiger partial charge in [-0.25, -0.2) is 22.9 Å². The van der Waals surface area contributed by atoms with Crippen LogP contribution in [0.3, 0.4) is 0 Å². The fraction of sp³-hybridized carbons (Fsp3) is 0.122. The molecule has 0 amide bonds. The molecule has 20 heteroatoms. The highest BCUT2D eigenvalue weighted by molar-refractivity contribution is 7.87. The number of carboxylic acids is 1. The molecule has 1 unspecified atom stereocenters. The minimum Gasteiger partial charge on any atom is -0.508 e. The van der Waals surface area contributed by atoms with E-state index in [-0.39, 0.29) is 44.6 Å². The van der Waals surface area contributed by atoms with Crippen LogP contribution in [0.1, 0.15) is 22.3 Å². The molecule has 1 aliphatic rings. The Balaban J connectivity index is 0.000000185. The Morgan fingerprint density at radius 1 is 0.885 bits per heavy atom. The summed E-state index contributed by atoms with van der Waals surface area (Å²) < 4.78 is 79.9. The van der Waals surface area contributed by atoms with Crippen LogP contribution in [0, 0.1) is 24.4 Å². The van der Waals surface area contributed by atoms with E-state index in [0.717, 1.165) is 58.8 Å². The number of hydrogen-bond donors (Lipinski definition) is 6. The van der Waals surface area contributed by atoms with Gasteiger partial charge in [0, 0.05) is 49.1 Å². The summed E-state index contributed by atoms with van der Waals surface area (Å²) in [6, 6.07) is 14.4. The Hall–Kier alpha value is -7.58. The second kappa shape index (κ2) is 15.9. The number of rotatable bonds is 7. The van der Waals surface area contributed by atoms with Gasteiger partial charge >= 0.3 is 16.1 Å². The molecule has 8 rings (SSSR count). The summed E-state index contributed by atoms with van der Waals surface area (Å²) >= 11 is 0. The molecule has 1 fully saturated rings.